The molecule has 142 valence electrons. The van der Waals surface area contributed by atoms with Gasteiger partial charge in [0.15, 0.2) is 5.13 Å². The number of thiazole rings is 1. The van der Waals surface area contributed by atoms with E-state index in [-0.39, 0.29) is 11.8 Å². The van der Waals surface area contributed by atoms with Crippen molar-refractivity contribution in [3.05, 3.63) is 40.9 Å². The van der Waals surface area contributed by atoms with Gasteiger partial charge in [0.25, 0.3) is 5.91 Å². The fraction of sp³-hybridized carbons (Fsp3) is 0.421. The molecule has 8 heteroatoms. The van der Waals surface area contributed by atoms with E-state index in [4.69, 9.17) is 4.74 Å². The Morgan fingerprint density at radius 1 is 1.26 bits per heavy atom. The summed E-state index contributed by atoms with van der Waals surface area (Å²) in [6, 6.07) is 7.19. The van der Waals surface area contributed by atoms with Crippen LogP contribution >= 0.6 is 11.3 Å². The Morgan fingerprint density at radius 2 is 2.11 bits per heavy atom. The number of morpholine rings is 1. The minimum atomic E-state index is -0.212. The number of ether oxygens (including phenoxy) is 1. The van der Waals surface area contributed by atoms with Gasteiger partial charge in [-0.3, -0.25) is 19.8 Å². The summed E-state index contributed by atoms with van der Waals surface area (Å²) in [7, 11) is 0. The molecule has 2 fully saturated rings. The molecule has 0 saturated carbocycles. The van der Waals surface area contributed by atoms with Crippen LogP contribution in [0, 0.1) is 0 Å². The lowest BCUT2D eigenvalue weighted by Gasteiger charge is -2.25. The first kappa shape index (κ1) is 18.1. The highest BCUT2D eigenvalue weighted by atomic mass is 32.1. The number of hydrogen-bond acceptors (Lipinski definition) is 6. The Morgan fingerprint density at radius 3 is 2.89 bits per heavy atom. The van der Waals surface area contributed by atoms with Crippen LogP contribution in [0.15, 0.2) is 29.6 Å². The lowest BCUT2D eigenvalue weighted by atomic mass is 10.2. The van der Waals surface area contributed by atoms with E-state index in [1.54, 1.807) is 17.0 Å². The van der Waals surface area contributed by atoms with Crippen LogP contribution in [0.5, 0.6) is 0 Å². The minimum absolute atomic E-state index is 0.111. The highest BCUT2D eigenvalue weighted by molar-refractivity contribution is 7.14. The monoisotopic (exact) mass is 386 g/mol. The molecule has 0 atom stereocenters. The standard InChI is InChI=1S/C19H22N4O3S/c24-17-5-2-6-23(17)16-4-1-3-14(11-16)18(25)21-19-20-15(13-27-19)12-22-7-9-26-10-8-22/h1,3-4,11,13H,2,5-10,12H2,(H,20,21,25). The molecular formula is C19H22N4O3S. The van der Waals surface area contributed by atoms with Crippen LogP contribution < -0.4 is 10.2 Å². The topological polar surface area (TPSA) is 74.8 Å². The first-order chi connectivity index (χ1) is 13.2. The third kappa shape index (κ3) is 4.35. The quantitative estimate of drug-likeness (QED) is 0.854. The maximum atomic E-state index is 12.6. The number of carbonyl (C=O) groups excluding carboxylic acids is 2. The molecule has 1 N–H and O–H groups in total. The molecule has 0 unspecified atom stereocenters. The highest BCUT2D eigenvalue weighted by Crippen LogP contribution is 2.23. The van der Waals surface area contributed by atoms with Crippen molar-refractivity contribution >= 4 is 34.0 Å². The fourth-order valence-corrected chi connectivity index (χ4v) is 4.03. The van der Waals surface area contributed by atoms with E-state index < -0.39 is 0 Å². The molecule has 2 aliphatic rings. The van der Waals surface area contributed by atoms with Gasteiger partial charge in [0.05, 0.1) is 18.9 Å². The average Bonchev–Trinajstić information content (AvgIpc) is 3.31. The van der Waals surface area contributed by atoms with E-state index in [0.29, 0.717) is 23.7 Å². The van der Waals surface area contributed by atoms with Gasteiger partial charge in [0.2, 0.25) is 5.91 Å². The number of nitrogens with one attached hydrogen (secondary N) is 1. The van der Waals surface area contributed by atoms with Gasteiger partial charge < -0.3 is 9.64 Å². The van der Waals surface area contributed by atoms with Gasteiger partial charge in [-0.15, -0.1) is 11.3 Å². The Kier molecular flexibility index (Phi) is 5.47. The molecule has 4 rings (SSSR count). The van der Waals surface area contributed by atoms with E-state index in [1.165, 1.54) is 11.3 Å². The van der Waals surface area contributed by atoms with Gasteiger partial charge in [0.1, 0.15) is 0 Å². The van der Waals surface area contributed by atoms with Crippen molar-refractivity contribution < 1.29 is 14.3 Å². The number of benzene rings is 1. The summed E-state index contributed by atoms with van der Waals surface area (Å²) in [5.74, 6) is -0.101. The van der Waals surface area contributed by atoms with Crippen LogP contribution in [0.25, 0.3) is 0 Å². The number of rotatable bonds is 5. The van der Waals surface area contributed by atoms with Crippen molar-refractivity contribution in [1.82, 2.24) is 9.88 Å². The molecular weight excluding hydrogens is 364 g/mol. The third-order valence-corrected chi connectivity index (χ3v) is 5.56. The van der Waals surface area contributed by atoms with Gasteiger partial charge in [0, 0.05) is 49.2 Å². The maximum Gasteiger partial charge on any atom is 0.257 e. The second kappa shape index (κ2) is 8.16. The number of nitrogens with zero attached hydrogens (tertiary/aromatic N) is 3. The predicted octanol–water partition coefficient (Wildman–Crippen LogP) is 2.35. The number of anilines is 2. The summed E-state index contributed by atoms with van der Waals surface area (Å²) >= 11 is 1.43. The van der Waals surface area contributed by atoms with Crippen LogP contribution in [0.1, 0.15) is 28.9 Å². The zero-order chi connectivity index (χ0) is 18.6. The summed E-state index contributed by atoms with van der Waals surface area (Å²) in [6.07, 6.45) is 1.43. The van der Waals surface area contributed by atoms with Gasteiger partial charge >= 0.3 is 0 Å². The van der Waals surface area contributed by atoms with Gasteiger partial charge in [-0.05, 0) is 24.6 Å². The first-order valence-corrected chi connectivity index (χ1v) is 10.0. The zero-order valence-electron chi connectivity index (χ0n) is 15.0. The van der Waals surface area contributed by atoms with Crippen molar-refractivity contribution in [2.75, 3.05) is 43.1 Å². The van der Waals surface area contributed by atoms with Crippen molar-refractivity contribution in [2.24, 2.45) is 0 Å². The Labute approximate surface area is 161 Å². The molecule has 0 spiro atoms. The Bertz CT molecular complexity index is 832. The normalized spacial score (nSPS) is 18.1. The molecule has 3 heterocycles. The van der Waals surface area contributed by atoms with Crippen molar-refractivity contribution in [3.8, 4) is 0 Å². The molecule has 2 aromatic rings. The number of hydrogen-bond donors (Lipinski definition) is 1. The molecule has 1 aromatic carbocycles. The van der Waals surface area contributed by atoms with Crippen LogP contribution in [0.4, 0.5) is 10.8 Å². The van der Waals surface area contributed by atoms with Crippen LogP contribution in [-0.2, 0) is 16.1 Å². The van der Waals surface area contributed by atoms with Gasteiger partial charge in [-0.25, -0.2) is 4.98 Å². The molecule has 2 aliphatic heterocycles. The van der Waals surface area contributed by atoms with Gasteiger partial charge in [-0.1, -0.05) is 6.07 Å². The van der Waals surface area contributed by atoms with Gasteiger partial charge in [-0.2, -0.15) is 0 Å². The molecule has 7 nitrogen and oxygen atoms in total. The van der Waals surface area contributed by atoms with E-state index in [0.717, 1.165) is 50.7 Å². The van der Waals surface area contributed by atoms with Crippen LogP contribution in [0.2, 0.25) is 0 Å². The van der Waals surface area contributed by atoms with Crippen LogP contribution in [-0.4, -0.2) is 54.5 Å². The lowest BCUT2D eigenvalue weighted by molar-refractivity contribution is -0.117. The van der Waals surface area contributed by atoms with Crippen molar-refractivity contribution in [2.45, 2.75) is 19.4 Å². The molecule has 27 heavy (non-hydrogen) atoms. The van der Waals surface area contributed by atoms with Crippen molar-refractivity contribution in [1.29, 1.82) is 0 Å². The Hall–Kier alpha value is -2.29. The largest absolute Gasteiger partial charge is 0.379 e. The Balaban J connectivity index is 1.40. The highest BCUT2D eigenvalue weighted by Gasteiger charge is 2.22. The maximum absolute atomic E-state index is 12.6. The summed E-state index contributed by atoms with van der Waals surface area (Å²) in [4.78, 5) is 33.1. The summed E-state index contributed by atoms with van der Waals surface area (Å²) in [5.41, 5.74) is 2.25. The second-order valence-electron chi connectivity index (χ2n) is 6.69. The number of amides is 2. The lowest BCUT2D eigenvalue weighted by Crippen LogP contribution is -2.35. The molecule has 2 saturated heterocycles. The summed E-state index contributed by atoms with van der Waals surface area (Å²) in [6.45, 7) is 4.79. The first-order valence-electron chi connectivity index (χ1n) is 9.15. The molecule has 0 bridgehead atoms. The number of aromatic nitrogens is 1. The predicted molar refractivity (Wildman–Crippen MR) is 104 cm³/mol. The summed E-state index contributed by atoms with van der Waals surface area (Å²) < 4.78 is 5.36. The SMILES string of the molecule is O=C(Nc1nc(CN2CCOCC2)cs1)c1cccc(N2CCCC2=O)c1. The van der Waals surface area contributed by atoms with E-state index in [2.05, 4.69) is 15.2 Å². The fourth-order valence-electron chi connectivity index (χ4n) is 3.33. The summed E-state index contributed by atoms with van der Waals surface area (Å²) in [5, 5.41) is 5.43. The zero-order valence-corrected chi connectivity index (χ0v) is 15.8. The van der Waals surface area contributed by atoms with E-state index >= 15 is 0 Å². The molecule has 2 amide bonds. The molecule has 1 aromatic heterocycles. The third-order valence-electron chi connectivity index (χ3n) is 4.75. The smallest absolute Gasteiger partial charge is 0.257 e. The van der Waals surface area contributed by atoms with Crippen molar-refractivity contribution in [3.63, 3.8) is 0 Å². The van der Waals surface area contributed by atoms with E-state index in [1.807, 2.05) is 17.5 Å². The number of carbonyl (C=O) groups is 2. The van der Waals surface area contributed by atoms with Crippen LogP contribution in [0.3, 0.4) is 0 Å². The minimum Gasteiger partial charge on any atom is -0.379 e. The average molecular weight is 386 g/mol. The molecule has 0 radical (unpaired) electrons. The second-order valence-corrected chi connectivity index (χ2v) is 7.54. The molecule has 0 aliphatic carbocycles. The van der Waals surface area contributed by atoms with E-state index in [9.17, 15) is 9.59 Å².